The molecular weight excluding hydrogens is 274 g/mol. The maximum absolute atomic E-state index is 14.0. The standard InChI is InChI=1S/C13H11BrF2/c14-11-5-2-8(3-6-11)12-9-1-4-10(7-9)13(12,15)16/h1-6,9-10,12H,7H2. The summed E-state index contributed by atoms with van der Waals surface area (Å²) in [4.78, 5) is 0. The largest absolute Gasteiger partial charge is 0.261 e. The number of alkyl halides is 2. The second-order valence-electron chi connectivity index (χ2n) is 4.59. The van der Waals surface area contributed by atoms with E-state index in [9.17, 15) is 8.78 Å². The van der Waals surface area contributed by atoms with E-state index in [1.54, 1.807) is 18.2 Å². The van der Waals surface area contributed by atoms with Gasteiger partial charge < -0.3 is 0 Å². The minimum atomic E-state index is -2.58. The van der Waals surface area contributed by atoms with Crippen molar-refractivity contribution in [2.24, 2.45) is 11.8 Å². The van der Waals surface area contributed by atoms with Gasteiger partial charge in [0.25, 0.3) is 5.92 Å². The highest BCUT2D eigenvalue weighted by molar-refractivity contribution is 9.10. The Hall–Kier alpha value is -0.700. The average Bonchev–Trinajstić information content (AvgIpc) is 2.78. The van der Waals surface area contributed by atoms with Crippen LogP contribution in [0.3, 0.4) is 0 Å². The van der Waals surface area contributed by atoms with Crippen LogP contribution >= 0.6 is 15.9 Å². The van der Waals surface area contributed by atoms with Crippen LogP contribution in [0.5, 0.6) is 0 Å². The molecule has 0 saturated heterocycles. The maximum atomic E-state index is 14.0. The first-order valence-corrected chi connectivity index (χ1v) is 6.20. The van der Waals surface area contributed by atoms with Gasteiger partial charge in [-0.25, -0.2) is 8.78 Å². The molecule has 2 aliphatic carbocycles. The average molecular weight is 285 g/mol. The minimum Gasteiger partial charge on any atom is -0.205 e. The normalized spacial score (nSPS) is 34.6. The van der Waals surface area contributed by atoms with Crippen LogP contribution in [0.4, 0.5) is 8.78 Å². The molecule has 1 aromatic carbocycles. The highest BCUT2D eigenvalue weighted by Crippen LogP contribution is 2.58. The summed E-state index contributed by atoms with van der Waals surface area (Å²) in [5.74, 6) is -3.74. The van der Waals surface area contributed by atoms with Gasteiger partial charge >= 0.3 is 0 Å². The molecule has 3 heteroatoms. The van der Waals surface area contributed by atoms with Crippen molar-refractivity contribution < 1.29 is 8.78 Å². The van der Waals surface area contributed by atoms with Gasteiger partial charge in [-0.1, -0.05) is 40.2 Å². The van der Waals surface area contributed by atoms with E-state index in [2.05, 4.69) is 15.9 Å². The lowest BCUT2D eigenvalue weighted by molar-refractivity contribution is -0.0424. The number of fused-ring (bicyclic) bond motifs is 2. The van der Waals surface area contributed by atoms with Gasteiger partial charge in [-0.05, 0) is 30.0 Å². The second kappa shape index (κ2) is 3.39. The Morgan fingerprint density at radius 1 is 1.12 bits per heavy atom. The molecule has 0 heterocycles. The molecule has 0 aliphatic heterocycles. The molecule has 0 nitrogen and oxygen atoms in total. The zero-order valence-corrected chi connectivity index (χ0v) is 10.1. The van der Waals surface area contributed by atoms with Crippen molar-refractivity contribution in [1.82, 2.24) is 0 Å². The highest BCUT2D eigenvalue weighted by Gasteiger charge is 2.58. The molecule has 3 rings (SSSR count). The molecule has 0 spiro atoms. The number of hydrogen-bond donors (Lipinski definition) is 0. The summed E-state index contributed by atoms with van der Waals surface area (Å²) in [6.45, 7) is 0. The molecule has 1 aromatic rings. The first-order valence-electron chi connectivity index (χ1n) is 5.40. The highest BCUT2D eigenvalue weighted by atomic mass is 79.9. The van der Waals surface area contributed by atoms with Crippen LogP contribution in [-0.4, -0.2) is 5.92 Å². The van der Waals surface area contributed by atoms with Crippen molar-refractivity contribution in [3.63, 3.8) is 0 Å². The second-order valence-corrected chi connectivity index (χ2v) is 5.51. The topological polar surface area (TPSA) is 0 Å². The summed E-state index contributed by atoms with van der Waals surface area (Å²) in [6, 6.07) is 7.27. The molecule has 0 aromatic heterocycles. The van der Waals surface area contributed by atoms with E-state index in [1.165, 1.54) is 0 Å². The van der Waals surface area contributed by atoms with Crippen LogP contribution in [0, 0.1) is 11.8 Å². The zero-order valence-electron chi connectivity index (χ0n) is 8.54. The molecule has 0 amide bonds. The molecule has 2 bridgehead atoms. The Kier molecular flexibility index (Phi) is 2.22. The first-order chi connectivity index (χ1) is 7.59. The van der Waals surface area contributed by atoms with E-state index in [0.717, 1.165) is 10.0 Å². The Balaban J connectivity index is 2.01. The molecule has 84 valence electrons. The Bertz CT molecular complexity index is 436. The van der Waals surface area contributed by atoms with Crippen LogP contribution in [0.25, 0.3) is 0 Å². The fourth-order valence-electron chi connectivity index (χ4n) is 2.92. The SMILES string of the molecule is FC1(F)C2C=CC(C2)C1c1ccc(Br)cc1. The molecule has 3 unspecified atom stereocenters. The van der Waals surface area contributed by atoms with Crippen molar-refractivity contribution in [2.45, 2.75) is 18.3 Å². The van der Waals surface area contributed by atoms with E-state index >= 15 is 0 Å². The van der Waals surface area contributed by atoms with E-state index in [1.807, 2.05) is 18.2 Å². The van der Waals surface area contributed by atoms with E-state index < -0.39 is 17.8 Å². The first kappa shape index (κ1) is 10.5. The van der Waals surface area contributed by atoms with Crippen LogP contribution in [0.15, 0.2) is 40.9 Å². The van der Waals surface area contributed by atoms with E-state index in [0.29, 0.717) is 6.42 Å². The quantitative estimate of drug-likeness (QED) is 0.672. The van der Waals surface area contributed by atoms with Crippen molar-refractivity contribution >= 4 is 15.9 Å². The van der Waals surface area contributed by atoms with E-state index in [4.69, 9.17) is 0 Å². The number of halogens is 3. The predicted molar refractivity (Wildman–Crippen MR) is 62.6 cm³/mol. The molecule has 1 fully saturated rings. The smallest absolute Gasteiger partial charge is 0.205 e. The fourth-order valence-corrected chi connectivity index (χ4v) is 3.18. The van der Waals surface area contributed by atoms with E-state index in [-0.39, 0.29) is 5.92 Å². The van der Waals surface area contributed by atoms with Crippen molar-refractivity contribution in [3.8, 4) is 0 Å². The van der Waals surface area contributed by atoms with Gasteiger partial charge in [-0.15, -0.1) is 0 Å². The summed E-state index contributed by atoms with van der Waals surface area (Å²) in [7, 11) is 0. The predicted octanol–water partition coefficient (Wildman–Crippen LogP) is 4.37. The summed E-state index contributed by atoms with van der Waals surface area (Å²) in [6.07, 6.45) is 4.24. The Morgan fingerprint density at radius 2 is 1.81 bits per heavy atom. The van der Waals surface area contributed by atoms with Gasteiger partial charge in [0.15, 0.2) is 0 Å². The lowest BCUT2D eigenvalue weighted by Gasteiger charge is -2.28. The summed E-state index contributed by atoms with van der Waals surface area (Å²) in [5.41, 5.74) is 0.755. The van der Waals surface area contributed by atoms with Crippen molar-refractivity contribution in [2.75, 3.05) is 0 Å². The number of hydrogen-bond acceptors (Lipinski definition) is 0. The van der Waals surface area contributed by atoms with Crippen molar-refractivity contribution in [3.05, 3.63) is 46.5 Å². The number of allylic oxidation sites excluding steroid dienone is 2. The molecule has 3 atom stereocenters. The third-order valence-corrected chi connectivity index (χ3v) is 4.21. The number of benzene rings is 1. The lowest BCUT2D eigenvalue weighted by Crippen LogP contribution is -2.30. The Morgan fingerprint density at radius 3 is 2.38 bits per heavy atom. The fraction of sp³-hybridized carbons (Fsp3) is 0.385. The third-order valence-electron chi connectivity index (χ3n) is 3.68. The monoisotopic (exact) mass is 284 g/mol. The van der Waals surface area contributed by atoms with Crippen molar-refractivity contribution in [1.29, 1.82) is 0 Å². The van der Waals surface area contributed by atoms with Gasteiger partial charge in [-0.2, -0.15) is 0 Å². The maximum Gasteiger partial charge on any atom is 0.261 e. The van der Waals surface area contributed by atoms with Crippen LogP contribution in [-0.2, 0) is 0 Å². The zero-order chi connectivity index (χ0) is 11.3. The van der Waals surface area contributed by atoms with Gasteiger partial charge in [0, 0.05) is 10.4 Å². The molecule has 16 heavy (non-hydrogen) atoms. The molecule has 0 N–H and O–H groups in total. The molecule has 1 saturated carbocycles. The van der Waals surface area contributed by atoms with Gasteiger partial charge in [0.05, 0.1) is 5.92 Å². The summed E-state index contributed by atoms with van der Waals surface area (Å²) < 4.78 is 29.0. The van der Waals surface area contributed by atoms with Gasteiger partial charge in [0.1, 0.15) is 0 Å². The van der Waals surface area contributed by atoms with Crippen LogP contribution in [0.1, 0.15) is 17.9 Å². The summed E-state index contributed by atoms with van der Waals surface area (Å²) in [5, 5.41) is 0. The summed E-state index contributed by atoms with van der Waals surface area (Å²) >= 11 is 3.32. The lowest BCUT2D eigenvalue weighted by atomic mass is 9.84. The molecule has 2 aliphatic rings. The van der Waals surface area contributed by atoms with Crippen LogP contribution < -0.4 is 0 Å². The van der Waals surface area contributed by atoms with Crippen LogP contribution in [0.2, 0.25) is 0 Å². The third kappa shape index (κ3) is 1.37. The van der Waals surface area contributed by atoms with Gasteiger partial charge in [-0.3, -0.25) is 0 Å². The Labute approximate surface area is 101 Å². The molecular formula is C13H11BrF2. The number of rotatable bonds is 1. The molecule has 0 radical (unpaired) electrons. The minimum absolute atomic E-state index is 0.0150. The van der Waals surface area contributed by atoms with Gasteiger partial charge in [0.2, 0.25) is 0 Å².